The van der Waals surface area contributed by atoms with E-state index in [0.717, 1.165) is 18.9 Å². The zero-order valence-electron chi connectivity index (χ0n) is 9.12. The van der Waals surface area contributed by atoms with Crippen LogP contribution in [0.5, 0.6) is 0 Å². The highest BCUT2D eigenvalue weighted by molar-refractivity contribution is 4.83. The maximum atomic E-state index is 6.12. The Kier molecular flexibility index (Phi) is 4.20. The molecule has 1 saturated heterocycles. The summed E-state index contributed by atoms with van der Waals surface area (Å²) in [5.74, 6) is 1.38. The Morgan fingerprint density at radius 2 is 2.23 bits per heavy atom. The van der Waals surface area contributed by atoms with Crippen LogP contribution in [0.4, 0.5) is 0 Å². The molecule has 1 rings (SSSR count). The number of hydrogen-bond acceptors (Lipinski definition) is 2. The van der Waals surface area contributed by atoms with Crippen molar-refractivity contribution < 1.29 is 4.74 Å². The number of nitrogens with two attached hydrogens (primary N) is 1. The highest BCUT2D eigenvalue weighted by Gasteiger charge is 2.30. The Morgan fingerprint density at radius 3 is 2.69 bits per heavy atom. The average Bonchev–Trinajstić information content (AvgIpc) is 2.51. The molecule has 0 aromatic rings. The average molecular weight is 185 g/mol. The van der Waals surface area contributed by atoms with E-state index in [2.05, 4.69) is 20.8 Å². The molecule has 13 heavy (non-hydrogen) atoms. The van der Waals surface area contributed by atoms with Gasteiger partial charge in [-0.05, 0) is 24.7 Å². The molecule has 4 atom stereocenters. The van der Waals surface area contributed by atoms with Crippen molar-refractivity contribution in [2.75, 3.05) is 6.61 Å². The van der Waals surface area contributed by atoms with Gasteiger partial charge in [0.05, 0.1) is 6.10 Å². The molecule has 0 aromatic carbocycles. The Morgan fingerprint density at radius 1 is 1.54 bits per heavy atom. The van der Waals surface area contributed by atoms with Crippen LogP contribution in [0.15, 0.2) is 0 Å². The van der Waals surface area contributed by atoms with E-state index in [9.17, 15) is 0 Å². The summed E-state index contributed by atoms with van der Waals surface area (Å²) in [4.78, 5) is 0. The van der Waals surface area contributed by atoms with Gasteiger partial charge in [-0.2, -0.15) is 0 Å². The van der Waals surface area contributed by atoms with Crippen molar-refractivity contribution in [1.82, 2.24) is 0 Å². The van der Waals surface area contributed by atoms with E-state index >= 15 is 0 Å². The molecular weight excluding hydrogens is 162 g/mol. The highest BCUT2D eigenvalue weighted by atomic mass is 16.5. The lowest BCUT2D eigenvalue weighted by Gasteiger charge is -2.24. The molecule has 0 saturated carbocycles. The fourth-order valence-corrected chi connectivity index (χ4v) is 2.03. The molecule has 0 aromatic heterocycles. The van der Waals surface area contributed by atoms with Crippen LogP contribution < -0.4 is 5.73 Å². The Labute approximate surface area is 81.8 Å². The minimum Gasteiger partial charge on any atom is -0.376 e. The van der Waals surface area contributed by atoms with Crippen molar-refractivity contribution in [2.45, 2.75) is 52.2 Å². The number of hydrogen-bond donors (Lipinski definition) is 1. The van der Waals surface area contributed by atoms with Gasteiger partial charge >= 0.3 is 0 Å². The van der Waals surface area contributed by atoms with Crippen LogP contribution in [-0.4, -0.2) is 18.8 Å². The maximum absolute atomic E-state index is 6.12. The quantitative estimate of drug-likeness (QED) is 0.728. The molecule has 4 unspecified atom stereocenters. The van der Waals surface area contributed by atoms with E-state index in [1.807, 2.05) is 0 Å². The van der Waals surface area contributed by atoms with E-state index in [-0.39, 0.29) is 6.04 Å². The fraction of sp³-hybridized carbons (Fsp3) is 1.00. The molecule has 0 bridgehead atoms. The van der Waals surface area contributed by atoms with Crippen LogP contribution in [0, 0.1) is 11.8 Å². The zero-order valence-corrected chi connectivity index (χ0v) is 9.12. The molecular formula is C11H23NO. The van der Waals surface area contributed by atoms with Crippen LogP contribution in [0.25, 0.3) is 0 Å². The van der Waals surface area contributed by atoms with Crippen LogP contribution in [-0.2, 0) is 4.74 Å². The lowest BCUT2D eigenvalue weighted by molar-refractivity contribution is 0.0657. The first-order valence-electron chi connectivity index (χ1n) is 5.52. The Balaban J connectivity index is 2.33. The van der Waals surface area contributed by atoms with Gasteiger partial charge in [-0.3, -0.25) is 0 Å². The van der Waals surface area contributed by atoms with Gasteiger partial charge in [-0.25, -0.2) is 0 Å². The molecule has 1 heterocycles. The molecule has 2 heteroatoms. The van der Waals surface area contributed by atoms with Gasteiger partial charge in [-0.15, -0.1) is 0 Å². The second-order valence-electron chi connectivity index (χ2n) is 4.51. The smallest absolute Gasteiger partial charge is 0.0752 e. The largest absolute Gasteiger partial charge is 0.376 e. The molecule has 1 aliphatic heterocycles. The second-order valence-corrected chi connectivity index (χ2v) is 4.51. The summed E-state index contributed by atoms with van der Waals surface area (Å²) in [7, 11) is 0. The Hall–Kier alpha value is -0.0800. The lowest BCUT2D eigenvalue weighted by Crippen LogP contribution is -2.38. The van der Waals surface area contributed by atoms with Gasteiger partial charge < -0.3 is 10.5 Å². The summed E-state index contributed by atoms with van der Waals surface area (Å²) in [5, 5.41) is 0. The molecule has 0 amide bonds. The summed E-state index contributed by atoms with van der Waals surface area (Å²) >= 11 is 0. The zero-order chi connectivity index (χ0) is 9.84. The molecule has 2 N–H and O–H groups in total. The van der Waals surface area contributed by atoms with Crippen molar-refractivity contribution in [1.29, 1.82) is 0 Å². The van der Waals surface area contributed by atoms with Gasteiger partial charge in [0.15, 0.2) is 0 Å². The number of ether oxygens (including phenoxy) is 1. The fourth-order valence-electron chi connectivity index (χ4n) is 2.03. The third-order valence-corrected chi connectivity index (χ3v) is 3.24. The predicted octanol–water partition coefficient (Wildman–Crippen LogP) is 2.17. The summed E-state index contributed by atoms with van der Waals surface area (Å²) < 4.78 is 5.65. The van der Waals surface area contributed by atoms with E-state index in [0.29, 0.717) is 12.0 Å². The van der Waals surface area contributed by atoms with E-state index in [1.54, 1.807) is 0 Å². The Bertz CT molecular complexity index is 149. The first-order chi connectivity index (χ1) is 6.15. The second kappa shape index (κ2) is 4.97. The van der Waals surface area contributed by atoms with Crippen LogP contribution in [0.1, 0.15) is 40.0 Å². The standard InChI is InChI=1S/C11H23NO/c1-4-8(2)7-10(12)11-9(3)5-6-13-11/h8-11H,4-7,12H2,1-3H3. The predicted molar refractivity (Wildman–Crippen MR) is 55.6 cm³/mol. The monoisotopic (exact) mass is 185 g/mol. The summed E-state index contributed by atoms with van der Waals surface area (Å²) in [6, 6.07) is 0.243. The first-order valence-corrected chi connectivity index (χ1v) is 5.52. The van der Waals surface area contributed by atoms with Crippen LogP contribution in [0.3, 0.4) is 0 Å². The summed E-state index contributed by atoms with van der Waals surface area (Å²) in [6.07, 6.45) is 3.81. The van der Waals surface area contributed by atoms with Gasteiger partial charge in [0.25, 0.3) is 0 Å². The minimum absolute atomic E-state index is 0.243. The van der Waals surface area contributed by atoms with Gasteiger partial charge in [0.2, 0.25) is 0 Å². The third kappa shape index (κ3) is 2.96. The summed E-state index contributed by atoms with van der Waals surface area (Å²) in [5.41, 5.74) is 6.12. The lowest BCUT2D eigenvalue weighted by atomic mass is 9.91. The van der Waals surface area contributed by atoms with Crippen LogP contribution >= 0.6 is 0 Å². The summed E-state index contributed by atoms with van der Waals surface area (Å²) in [6.45, 7) is 7.63. The van der Waals surface area contributed by atoms with Crippen molar-refractivity contribution in [3.05, 3.63) is 0 Å². The van der Waals surface area contributed by atoms with Gasteiger partial charge in [-0.1, -0.05) is 27.2 Å². The first kappa shape index (κ1) is 11.0. The van der Waals surface area contributed by atoms with Crippen LogP contribution in [0.2, 0.25) is 0 Å². The highest BCUT2D eigenvalue weighted by Crippen LogP contribution is 2.25. The topological polar surface area (TPSA) is 35.2 Å². The van der Waals surface area contributed by atoms with Crippen molar-refractivity contribution in [3.8, 4) is 0 Å². The minimum atomic E-state index is 0.243. The van der Waals surface area contributed by atoms with E-state index in [1.165, 1.54) is 12.8 Å². The number of rotatable bonds is 4. The van der Waals surface area contributed by atoms with E-state index in [4.69, 9.17) is 10.5 Å². The van der Waals surface area contributed by atoms with Crippen molar-refractivity contribution >= 4 is 0 Å². The SMILES string of the molecule is CCC(C)CC(N)C1OCCC1C. The van der Waals surface area contributed by atoms with Gasteiger partial charge in [0, 0.05) is 12.6 Å². The molecule has 1 fully saturated rings. The van der Waals surface area contributed by atoms with Crippen molar-refractivity contribution in [3.63, 3.8) is 0 Å². The molecule has 0 aliphatic carbocycles. The molecule has 1 aliphatic rings. The third-order valence-electron chi connectivity index (χ3n) is 3.24. The molecule has 2 nitrogen and oxygen atoms in total. The van der Waals surface area contributed by atoms with Crippen molar-refractivity contribution in [2.24, 2.45) is 17.6 Å². The molecule has 0 radical (unpaired) electrons. The molecule has 0 spiro atoms. The maximum Gasteiger partial charge on any atom is 0.0752 e. The van der Waals surface area contributed by atoms with Gasteiger partial charge in [0.1, 0.15) is 0 Å². The molecule has 78 valence electrons. The van der Waals surface area contributed by atoms with E-state index < -0.39 is 0 Å². The normalized spacial score (nSPS) is 33.2.